The van der Waals surface area contributed by atoms with E-state index in [0.717, 1.165) is 0 Å². The maximum Gasteiger partial charge on any atom is 0.414 e. The van der Waals surface area contributed by atoms with Crippen LogP contribution >= 0.6 is 0 Å². The summed E-state index contributed by atoms with van der Waals surface area (Å²) in [6.45, 7) is 9.88. The Morgan fingerprint density at radius 1 is 1.36 bits per heavy atom. The van der Waals surface area contributed by atoms with Crippen molar-refractivity contribution in [2.45, 2.75) is 33.8 Å². The molecule has 1 aromatic carbocycles. The van der Waals surface area contributed by atoms with E-state index in [1.807, 2.05) is 27.7 Å². The third kappa shape index (κ3) is 5.05. The first-order chi connectivity index (χ1) is 13.6. The van der Waals surface area contributed by atoms with Gasteiger partial charge in [-0.1, -0.05) is 19.1 Å². The molecule has 9 heteroatoms. The maximum atomic E-state index is 14.4. The third-order valence-corrected chi connectivity index (χ3v) is 4.01. The zero-order chi connectivity index (χ0) is 20.5. The molecular formula is C19H27FN6O2. The summed E-state index contributed by atoms with van der Waals surface area (Å²) in [7, 11) is 0. The lowest BCUT2D eigenvalue weighted by molar-refractivity contribution is 0.108. The Kier molecular flexibility index (Phi) is 7.91. The van der Waals surface area contributed by atoms with Gasteiger partial charge in [-0.25, -0.2) is 14.2 Å². The summed E-state index contributed by atoms with van der Waals surface area (Å²) >= 11 is 0. The highest BCUT2D eigenvalue weighted by Gasteiger charge is 2.33. The second kappa shape index (κ2) is 10.4. The summed E-state index contributed by atoms with van der Waals surface area (Å²) in [5.41, 5.74) is 0.824. The molecule has 2 heterocycles. The van der Waals surface area contributed by atoms with E-state index in [4.69, 9.17) is 4.74 Å². The summed E-state index contributed by atoms with van der Waals surface area (Å²) in [6, 6.07) is 4.63. The van der Waals surface area contributed by atoms with Gasteiger partial charge in [-0.3, -0.25) is 9.91 Å². The van der Waals surface area contributed by atoms with Gasteiger partial charge in [-0.15, -0.1) is 0 Å². The quantitative estimate of drug-likeness (QED) is 0.527. The standard InChI is InChI=1S/C17H21FN6O2.C2H6/c1-3-20-21-23(4-2)10-14-11-24(17(25)26-14)13-5-6-16(15(18)9-13)22-8-7-19-12-22;1-2/h5-9,12,14H,3-4,10-11H2,1-2H3;1-2H3. The van der Waals surface area contributed by atoms with Crippen LogP contribution in [0.2, 0.25) is 0 Å². The Labute approximate surface area is 164 Å². The summed E-state index contributed by atoms with van der Waals surface area (Å²) in [4.78, 5) is 17.5. The topological polar surface area (TPSA) is 75.3 Å². The van der Waals surface area contributed by atoms with E-state index in [1.165, 1.54) is 17.3 Å². The van der Waals surface area contributed by atoms with Crippen LogP contribution in [0.3, 0.4) is 0 Å². The summed E-state index contributed by atoms with van der Waals surface area (Å²) in [6.07, 6.45) is 3.90. The van der Waals surface area contributed by atoms with Crippen molar-refractivity contribution in [3.63, 3.8) is 0 Å². The molecule has 1 aliphatic heterocycles. The molecule has 0 saturated carbocycles. The van der Waals surface area contributed by atoms with Crippen molar-refractivity contribution in [1.29, 1.82) is 0 Å². The number of anilines is 1. The molecule has 1 atom stereocenters. The molecule has 1 fully saturated rings. The molecular weight excluding hydrogens is 363 g/mol. The van der Waals surface area contributed by atoms with Crippen LogP contribution in [0.25, 0.3) is 5.69 Å². The number of hydrogen-bond donors (Lipinski definition) is 0. The van der Waals surface area contributed by atoms with E-state index in [2.05, 4.69) is 15.3 Å². The number of hydrogen-bond acceptors (Lipinski definition) is 5. The van der Waals surface area contributed by atoms with E-state index < -0.39 is 11.9 Å². The average Bonchev–Trinajstić information content (AvgIpc) is 3.36. The van der Waals surface area contributed by atoms with E-state index in [9.17, 15) is 9.18 Å². The Bertz CT molecular complexity index is 781. The maximum absolute atomic E-state index is 14.4. The lowest BCUT2D eigenvalue weighted by Crippen LogP contribution is -2.31. The fraction of sp³-hybridized carbons (Fsp3) is 0.474. The predicted molar refractivity (Wildman–Crippen MR) is 105 cm³/mol. The number of carbonyl (C=O) groups is 1. The van der Waals surface area contributed by atoms with Gasteiger partial charge in [0.25, 0.3) is 0 Å². The van der Waals surface area contributed by atoms with Gasteiger partial charge in [0.1, 0.15) is 11.9 Å². The van der Waals surface area contributed by atoms with Gasteiger partial charge in [-0.05, 0) is 32.0 Å². The lowest BCUT2D eigenvalue weighted by atomic mass is 10.2. The van der Waals surface area contributed by atoms with Gasteiger partial charge in [0.15, 0.2) is 0 Å². The van der Waals surface area contributed by atoms with E-state index in [1.54, 1.807) is 34.1 Å². The number of aromatic nitrogens is 2. The first kappa shape index (κ1) is 21.3. The molecule has 0 bridgehead atoms. The number of likely N-dealkylation sites (N-methyl/N-ethyl adjacent to an activating group) is 1. The van der Waals surface area contributed by atoms with Crippen LogP contribution in [0.1, 0.15) is 27.7 Å². The zero-order valence-corrected chi connectivity index (χ0v) is 16.7. The summed E-state index contributed by atoms with van der Waals surface area (Å²) < 4.78 is 21.4. The Morgan fingerprint density at radius 3 is 2.75 bits per heavy atom. The minimum atomic E-state index is -0.492. The fourth-order valence-electron chi connectivity index (χ4n) is 2.72. The molecule has 1 amide bonds. The highest BCUT2D eigenvalue weighted by atomic mass is 19.1. The molecule has 1 aromatic heterocycles. The SMILES string of the molecule is CC.CCN=NN(CC)CC1CN(c2ccc(-n3ccnc3)c(F)c2)C(=O)O1. The number of imidazole rings is 1. The van der Waals surface area contributed by atoms with Gasteiger partial charge in [0.2, 0.25) is 0 Å². The van der Waals surface area contributed by atoms with Crippen molar-refractivity contribution in [3.8, 4) is 5.69 Å². The third-order valence-electron chi connectivity index (χ3n) is 4.01. The van der Waals surface area contributed by atoms with Crippen molar-refractivity contribution in [2.24, 2.45) is 10.3 Å². The number of amides is 1. The van der Waals surface area contributed by atoms with E-state index in [-0.39, 0.29) is 6.10 Å². The van der Waals surface area contributed by atoms with Crippen molar-refractivity contribution < 1.29 is 13.9 Å². The van der Waals surface area contributed by atoms with Crippen LogP contribution < -0.4 is 4.90 Å². The molecule has 2 aromatic rings. The number of benzene rings is 1. The molecule has 0 N–H and O–H groups in total. The normalized spacial score (nSPS) is 16.1. The second-order valence-electron chi connectivity index (χ2n) is 5.77. The number of ether oxygens (including phenoxy) is 1. The van der Waals surface area contributed by atoms with Crippen LogP contribution in [-0.2, 0) is 4.74 Å². The van der Waals surface area contributed by atoms with E-state index >= 15 is 0 Å². The molecule has 0 spiro atoms. The van der Waals surface area contributed by atoms with Crippen LogP contribution in [0, 0.1) is 5.82 Å². The molecule has 0 radical (unpaired) electrons. The number of rotatable bonds is 7. The Hall–Kier alpha value is -2.97. The molecule has 1 saturated heterocycles. The van der Waals surface area contributed by atoms with Gasteiger partial charge in [-0.2, -0.15) is 5.11 Å². The minimum Gasteiger partial charge on any atom is -0.442 e. The molecule has 8 nitrogen and oxygen atoms in total. The molecule has 1 unspecified atom stereocenters. The molecule has 28 heavy (non-hydrogen) atoms. The predicted octanol–water partition coefficient (Wildman–Crippen LogP) is 4.07. The highest BCUT2D eigenvalue weighted by molar-refractivity contribution is 5.89. The average molecular weight is 390 g/mol. The van der Waals surface area contributed by atoms with E-state index in [0.29, 0.717) is 37.6 Å². The highest BCUT2D eigenvalue weighted by Crippen LogP contribution is 2.25. The van der Waals surface area contributed by atoms with Crippen LogP contribution in [0.5, 0.6) is 0 Å². The van der Waals surface area contributed by atoms with Crippen molar-refractivity contribution in [3.05, 3.63) is 42.7 Å². The van der Waals surface area contributed by atoms with Gasteiger partial charge < -0.3 is 9.30 Å². The van der Waals surface area contributed by atoms with Crippen molar-refractivity contribution in [1.82, 2.24) is 14.6 Å². The van der Waals surface area contributed by atoms with Crippen molar-refractivity contribution in [2.75, 3.05) is 31.1 Å². The summed E-state index contributed by atoms with van der Waals surface area (Å²) in [5.74, 6) is -0.441. The molecule has 0 aliphatic carbocycles. The largest absolute Gasteiger partial charge is 0.442 e. The summed E-state index contributed by atoms with van der Waals surface area (Å²) in [5, 5.41) is 9.79. The zero-order valence-electron chi connectivity index (χ0n) is 16.7. The lowest BCUT2D eigenvalue weighted by Gasteiger charge is -2.18. The first-order valence-corrected chi connectivity index (χ1v) is 9.50. The monoisotopic (exact) mass is 390 g/mol. The number of halogens is 1. The molecule has 1 aliphatic rings. The number of carbonyl (C=O) groups excluding carboxylic acids is 1. The van der Waals surface area contributed by atoms with Crippen molar-refractivity contribution >= 4 is 11.8 Å². The van der Waals surface area contributed by atoms with Crippen LogP contribution in [0.4, 0.5) is 14.9 Å². The van der Waals surface area contributed by atoms with Gasteiger partial charge in [0, 0.05) is 18.9 Å². The van der Waals surface area contributed by atoms with Crippen LogP contribution in [0.15, 0.2) is 47.3 Å². The van der Waals surface area contributed by atoms with Gasteiger partial charge in [0.05, 0.1) is 37.3 Å². The second-order valence-corrected chi connectivity index (χ2v) is 5.77. The molecule has 3 rings (SSSR count). The smallest absolute Gasteiger partial charge is 0.414 e. The Morgan fingerprint density at radius 2 is 2.14 bits per heavy atom. The number of cyclic esters (lactones) is 1. The first-order valence-electron chi connectivity index (χ1n) is 9.50. The minimum absolute atomic E-state index is 0.334. The number of nitrogens with zero attached hydrogens (tertiary/aromatic N) is 6. The van der Waals surface area contributed by atoms with Gasteiger partial charge >= 0.3 is 6.09 Å². The Balaban J connectivity index is 0.00000136. The molecule has 152 valence electrons. The fourth-order valence-corrected chi connectivity index (χ4v) is 2.72. The van der Waals surface area contributed by atoms with Crippen LogP contribution in [-0.4, -0.2) is 52.9 Å².